The maximum Gasteiger partial charge on any atom is 0.260 e. The summed E-state index contributed by atoms with van der Waals surface area (Å²) in [7, 11) is -3.49. The van der Waals surface area contributed by atoms with Crippen LogP contribution >= 0.6 is 22.7 Å². The Morgan fingerprint density at radius 2 is 1.81 bits per heavy atom. The molecule has 1 saturated heterocycles. The van der Waals surface area contributed by atoms with E-state index in [2.05, 4.69) is 14.9 Å². The largest absolute Gasteiger partial charge is 0.309 e. The Bertz CT molecular complexity index is 1400. The van der Waals surface area contributed by atoms with Crippen LogP contribution in [0.4, 0.5) is 0 Å². The molecular weight excluding hydrogens is 464 g/mol. The first-order chi connectivity index (χ1) is 15.4. The molecule has 1 aliphatic rings. The lowest BCUT2D eigenvalue weighted by Gasteiger charge is -2.33. The molecule has 3 aromatic heterocycles. The van der Waals surface area contributed by atoms with E-state index < -0.39 is 10.0 Å². The Hall–Kier alpha value is -2.37. The third-order valence-electron chi connectivity index (χ3n) is 5.64. The molecular formula is C22H22N4O3S3. The van der Waals surface area contributed by atoms with E-state index in [1.54, 1.807) is 23.5 Å². The van der Waals surface area contributed by atoms with Crippen LogP contribution in [-0.4, -0.2) is 53.8 Å². The normalized spacial score (nSPS) is 16.0. The molecule has 0 radical (unpaired) electrons. The predicted molar refractivity (Wildman–Crippen MR) is 129 cm³/mol. The van der Waals surface area contributed by atoms with Gasteiger partial charge in [0.15, 0.2) is 0 Å². The summed E-state index contributed by atoms with van der Waals surface area (Å²) in [5.74, 6) is 0.608. The number of H-pyrrole nitrogens is 1. The van der Waals surface area contributed by atoms with E-state index in [0.29, 0.717) is 48.8 Å². The minimum absolute atomic E-state index is 0.129. The van der Waals surface area contributed by atoms with Crippen LogP contribution < -0.4 is 5.56 Å². The number of sulfonamides is 1. The molecule has 0 spiro atoms. The smallest absolute Gasteiger partial charge is 0.260 e. The molecule has 0 amide bonds. The standard InChI is InChI=1S/C22H22N4O3S3/c1-15-4-6-16(7-5-15)32(28,29)26-10-8-25(9-11-26)13-19-23-21(27)20-17(14-31-22(20)24-19)18-3-2-12-30-18/h2-7,12,14H,8-11,13H2,1H3,(H,23,24,27). The molecule has 5 rings (SSSR count). The average Bonchev–Trinajstić information content (AvgIpc) is 3.44. The lowest BCUT2D eigenvalue weighted by atomic mass is 10.2. The molecule has 1 fully saturated rings. The van der Waals surface area contributed by atoms with Gasteiger partial charge in [-0.25, -0.2) is 13.4 Å². The van der Waals surface area contributed by atoms with Gasteiger partial charge in [0.1, 0.15) is 10.7 Å². The lowest BCUT2D eigenvalue weighted by Crippen LogP contribution is -2.48. The summed E-state index contributed by atoms with van der Waals surface area (Å²) < 4.78 is 27.3. The second-order valence-electron chi connectivity index (χ2n) is 7.81. The van der Waals surface area contributed by atoms with Crippen LogP contribution in [0.15, 0.2) is 56.8 Å². The molecule has 10 heteroatoms. The summed E-state index contributed by atoms with van der Waals surface area (Å²) in [6.07, 6.45) is 0. The van der Waals surface area contributed by atoms with Crippen molar-refractivity contribution >= 4 is 42.9 Å². The number of benzene rings is 1. The predicted octanol–water partition coefficient (Wildman–Crippen LogP) is 3.53. The van der Waals surface area contributed by atoms with Crippen molar-refractivity contribution in [1.29, 1.82) is 0 Å². The molecule has 4 aromatic rings. The fourth-order valence-electron chi connectivity index (χ4n) is 3.88. The number of nitrogens with one attached hydrogen (secondary N) is 1. The third-order valence-corrected chi connectivity index (χ3v) is 9.33. The second-order valence-corrected chi connectivity index (χ2v) is 11.6. The highest BCUT2D eigenvalue weighted by molar-refractivity contribution is 7.89. The topological polar surface area (TPSA) is 86.4 Å². The van der Waals surface area contributed by atoms with E-state index in [1.807, 2.05) is 41.9 Å². The Balaban J connectivity index is 1.29. The number of aromatic nitrogens is 2. The number of fused-ring (bicyclic) bond motifs is 1. The Morgan fingerprint density at radius 3 is 2.50 bits per heavy atom. The lowest BCUT2D eigenvalue weighted by molar-refractivity contribution is 0.178. The van der Waals surface area contributed by atoms with E-state index in [-0.39, 0.29) is 5.56 Å². The zero-order valence-electron chi connectivity index (χ0n) is 17.4. The highest BCUT2D eigenvalue weighted by atomic mass is 32.2. The average molecular weight is 487 g/mol. The number of hydrogen-bond acceptors (Lipinski definition) is 7. The number of aromatic amines is 1. The fourth-order valence-corrected chi connectivity index (χ4v) is 7.08. The molecule has 4 heterocycles. The van der Waals surface area contributed by atoms with Gasteiger partial charge >= 0.3 is 0 Å². The van der Waals surface area contributed by atoms with Gasteiger partial charge in [-0.2, -0.15) is 4.31 Å². The Morgan fingerprint density at radius 1 is 1.06 bits per heavy atom. The first-order valence-electron chi connectivity index (χ1n) is 10.3. The molecule has 0 unspecified atom stereocenters. The van der Waals surface area contributed by atoms with Crippen LogP contribution in [0.25, 0.3) is 20.7 Å². The number of aryl methyl sites for hydroxylation is 1. The fraction of sp³-hybridized carbons (Fsp3) is 0.273. The van der Waals surface area contributed by atoms with Crippen LogP contribution in [0.1, 0.15) is 11.4 Å². The van der Waals surface area contributed by atoms with Gasteiger partial charge in [-0.3, -0.25) is 9.69 Å². The van der Waals surface area contributed by atoms with Crippen molar-refractivity contribution in [2.24, 2.45) is 0 Å². The summed E-state index contributed by atoms with van der Waals surface area (Å²) in [6.45, 7) is 4.39. The summed E-state index contributed by atoms with van der Waals surface area (Å²) in [4.78, 5) is 24.6. The third kappa shape index (κ3) is 4.04. The molecule has 166 valence electrons. The molecule has 32 heavy (non-hydrogen) atoms. The molecule has 1 aromatic carbocycles. The monoisotopic (exact) mass is 486 g/mol. The number of thiophene rings is 2. The van der Waals surface area contributed by atoms with Crippen molar-refractivity contribution in [1.82, 2.24) is 19.2 Å². The van der Waals surface area contributed by atoms with E-state index in [0.717, 1.165) is 20.8 Å². The first-order valence-corrected chi connectivity index (χ1v) is 13.5. The van der Waals surface area contributed by atoms with E-state index in [1.165, 1.54) is 15.6 Å². The Kier molecular flexibility index (Phi) is 5.72. The first kappa shape index (κ1) is 21.5. The van der Waals surface area contributed by atoms with Crippen LogP contribution in [0.2, 0.25) is 0 Å². The van der Waals surface area contributed by atoms with Gasteiger partial charge in [0.05, 0.1) is 16.8 Å². The Labute approximate surface area is 194 Å². The van der Waals surface area contributed by atoms with Gasteiger partial charge in [0.2, 0.25) is 10.0 Å². The van der Waals surface area contributed by atoms with Crippen LogP contribution in [0.5, 0.6) is 0 Å². The van der Waals surface area contributed by atoms with Gasteiger partial charge in [-0.15, -0.1) is 22.7 Å². The molecule has 0 saturated carbocycles. The number of hydrogen-bond donors (Lipinski definition) is 1. The van der Waals surface area contributed by atoms with Gasteiger partial charge in [-0.05, 0) is 30.5 Å². The SMILES string of the molecule is Cc1ccc(S(=O)(=O)N2CCN(Cc3nc4scc(-c5cccs5)c4c(=O)[nH]3)CC2)cc1. The van der Waals surface area contributed by atoms with Crippen molar-refractivity contribution in [2.45, 2.75) is 18.4 Å². The second kappa shape index (κ2) is 8.53. The minimum Gasteiger partial charge on any atom is -0.309 e. The molecule has 0 aliphatic carbocycles. The maximum absolute atomic E-state index is 12.9. The molecule has 0 atom stereocenters. The number of rotatable bonds is 5. The van der Waals surface area contributed by atoms with Gasteiger partial charge in [0, 0.05) is 42.0 Å². The summed E-state index contributed by atoms with van der Waals surface area (Å²) in [5, 5.41) is 4.61. The van der Waals surface area contributed by atoms with Crippen molar-refractivity contribution < 1.29 is 8.42 Å². The van der Waals surface area contributed by atoms with Gasteiger partial charge < -0.3 is 4.98 Å². The summed E-state index contributed by atoms with van der Waals surface area (Å²) >= 11 is 3.08. The maximum atomic E-state index is 12.9. The van der Waals surface area contributed by atoms with Crippen molar-refractivity contribution in [3.63, 3.8) is 0 Å². The van der Waals surface area contributed by atoms with Crippen LogP contribution in [0, 0.1) is 6.92 Å². The molecule has 7 nitrogen and oxygen atoms in total. The molecule has 0 bridgehead atoms. The van der Waals surface area contributed by atoms with Crippen molar-refractivity contribution in [2.75, 3.05) is 26.2 Å². The van der Waals surface area contributed by atoms with E-state index in [9.17, 15) is 13.2 Å². The highest BCUT2D eigenvalue weighted by Gasteiger charge is 2.28. The highest BCUT2D eigenvalue weighted by Crippen LogP contribution is 2.33. The molecule has 1 N–H and O–H groups in total. The quantitative estimate of drug-likeness (QED) is 0.466. The zero-order chi connectivity index (χ0) is 22.3. The molecule has 1 aliphatic heterocycles. The van der Waals surface area contributed by atoms with E-state index in [4.69, 9.17) is 0 Å². The van der Waals surface area contributed by atoms with Crippen LogP contribution in [-0.2, 0) is 16.6 Å². The van der Waals surface area contributed by atoms with E-state index >= 15 is 0 Å². The van der Waals surface area contributed by atoms with Gasteiger partial charge in [-0.1, -0.05) is 23.8 Å². The number of piperazine rings is 1. The summed E-state index contributed by atoms with van der Waals surface area (Å²) in [5.41, 5.74) is 1.82. The van der Waals surface area contributed by atoms with Crippen molar-refractivity contribution in [3.05, 3.63) is 68.9 Å². The zero-order valence-corrected chi connectivity index (χ0v) is 19.9. The number of nitrogens with zero attached hydrogens (tertiary/aromatic N) is 3. The van der Waals surface area contributed by atoms with Crippen molar-refractivity contribution in [3.8, 4) is 10.4 Å². The van der Waals surface area contributed by atoms with Crippen LogP contribution in [0.3, 0.4) is 0 Å². The van der Waals surface area contributed by atoms with Gasteiger partial charge in [0.25, 0.3) is 5.56 Å². The summed E-state index contributed by atoms with van der Waals surface area (Å²) in [6, 6.07) is 10.9. The minimum atomic E-state index is -3.49.